The van der Waals surface area contributed by atoms with Crippen molar-refractivity contribution in [3.63, 3.8) is 0 Å². The highest BCUT2D eigenvalue weighted by molar-refractivity contribution is 7.92. The van der Waals surface area contributed by atoms with Gasteiger partial charge in [0.1, 0.15) is 11.4 Å². The molecule has 1 aliphatic heterocycles. The monoisotopic (exact) mass is 359 g/mol. The van der Waals surface area contributed by atoms with Crippen molar-refractivity contribution in [3.05, 3.63) is 53.4 Å². The summed E-state index contributed by atoms with van der Waals surface area (Å²) in [5.41, 5.74) is 3.08. The summed E-state index contributed by atoms with van der Waals surface area (Å²) in [6, 6.07) is 12.0. The molecule has 24 heavy (non-hydrogen) atoms. The van der Waals surface area contributed by atoms with E-state index in [2.05, 4.69) is 14.3 Å². The number of hydrogen-bond donors (Lipinski definition) is 1. The van der Waals surface area contributed by atoms with Crippen LogP contribution in [0.4, 0.5) is 5.69 Å². The molecular formula is C16H13N3O3S2. The number of nitrogens with zero attached hydrogens (tertiary/aromatic N) is 2. The lowest BCUT2D eigenvalue weighted by Crippen LogP contribution is -2.13. The van der Waals surface area contributed by atoms with Crippen LogP contribution in [0.3, 0.4) is 0 Å². The summed E-state index contributed by atoms with van der Waals surface area (Å²) in [6.45, 7) is 0.596. The van der Waals surface area contributed by atoms with Gasteiger partial charge in [-0.05, 0) is 47.4 Å². The molecule has 1 aromatic heterocycles. The summed E-state index contributed by atoms with van der Waals surface area (Å²) < 4.78 is 36.9. The first-order chi connectivity index (χ1) is 11.6. The van der Waals surface area contributed by atoms with E-state index in [-0.39, 0.29) is 4.90 Å². The second-order valence-corrected chi connectivity index (χ2v) is 7.63. The first kappa shape index (κ1) is 15.1. The standard InChI is InChI=1S/C16H13N3O3S2/c20-24(21,14-5-6-16-12(9-14)7-8-22-16)18-13-3-1-11(2-4-13)15-10-23-19-17-15/h1-6,9-10,18H,7-8H2. The molecule has 0 amide bonds. The van der Waals surface area contributed by atoms with Gasteiger partial charge in [-0.3, -0.25) is 4.72 Å². The zero-order chi connectivity index (χ0) is 16.6. The lowest BCUT2D eigenvalue weighted by atomic mass is 10.2. The van der Waals surface area contributed by atoms with E-state index < -0.39 is 10.0 Å². The Bertz CT molecular complexity index is 968. The molecule has 0 radical (unpaired) electrons. The summed E-state index contributed by atoms with van der Waals surface area (Å²) in [4.78, 5) is 0.236. The van der Waals surface area contributed by atoms with E-state index in [4.69, 9.17) is 4.74 Å². The zero-order valence-corrected chi connectivity index (χ0v) is 14.1. The van der Waals surface area contributed by atoms with Crippen LogP contribution in [-0.2, 0) is 16.4 Å². The Hall–Kier alpha value is -2.45. The van der Waals surface area contributed by atoms with Crippen molar-refractivity contribution >= 4 is 27.2 Å². The number of fused-ring (bicyclic) bond motifs is 1. The largest absolute Gasteiger partial charge is 0.493 e. The number of aromatic nitrogens is 2. The first-order valence-corrected chi connectivity index (χ1v) is 9.60. The van der Waals surface area contributed by atoms with Crippen molar-refractivity contribution in [1.82, 2.24) is 9.59 Å². The van der Waals surface area contributed by atoms with Crippen molar-refractivity contribution in [1.29, 1.82) is 0 Å². The molecule has 0 saturated carbocycles. The molecule has 0 unspecified atom stereocenters. The molecule has 1 aliphatic rings. The van der Waals surface area contributed by atoms with Crippen LogP contribution in [0, 0.1) is 0 Å². The molecule has 1 N–H and O–H groups in total. The maximum atomic E-state index is 12.5. The van der Waals surface area contributed by atoms with E-state index in [0.29, 0.717) is 12.3 Å². The Kier molecular flexibility index (Phi) is 3.70. The molecule has 4 rings (SSSR count). The number of sulfonamides is 1. The normalized spacial score (nSPS) is 13.3. The molecule has 8 heteroatoms. The van der Waals surface area contributed by atoms with Gasteiger partial charge in [-0.15, -0.1) is 5.10 Å². The van der Waals surface area contributed by atoms with Crippen LogP contribution in [0.15, 0.2) is 52.7 Å². The van der Waals surface area contributed by atoms with Gasteiger partial charge in [0.15, 0.2) is 0 Å². The van der Waals surface area contributed by atoms with E-state index in [1.807, 2.05) is 17.5 Å². The highest BCUT2D eigenvalue weighted by Crippen LogP contribution is 2.28. The Morgan fingerprint density at radius 2 is 1.96 bits per heavy atom. The molecule has 0 saturated heterocycles. The van der Waals surface area contributed by atoms with Crippen LogP contribution in [0.5, 0.6) is 5.75 Å². The number of hydrogen-bond acceptors (Lipinski definition) is 6. The molecule has 0 atom stereocenters. The van der Waals surface area contributed by atoms with Gasteiger partial charge in [-0.2, -0.15) is 0 Å². The van der Waals surface area contributed by atoms with Gasteiger partial charge in [0.05, 0.1) is 11.5 Å². The highest BCUT2D eigenvalue weighted by atomic mass is 32.2. The van der Waals surface area contributed by atoms with Crippen molar-refractivity contribution in [2.24, 2.45) is 0 Å². The second kappa shape index (κ2) is 5.88. The van der Waals surface area contributed by atoms with E-state index in [1.165, 1.54) is 11.5 Å². The summed E-state index contributed by atoms with van der Waals surface area (Å²) in [5.74, 6) is 0.759. The predicted octanol–water partition coefficient (Wildman–Crippen LogP) is 2.94. The van der Waals surface area contributed by atoms with Gasteiger partial charge in [0, 0.05) is 23.1 Å². The van der Waals surface area contributed by atoms with Gasteiger partial charge in [0.25, 0.3) is 10.0 Å². The molecule has 6 nitrogen and oxygen atoms in total. The highest BCUT2D eigenvalue weighted by Gasteiger charge is 2.19. The number of rotatable bonds is 4. The van der Waals surface area contributed by atoms with E-state index in [0.717, 1.165) is 29.0 Å². The Morgan fingerprint density at radius 3 is 2.71 bits per heavy atom. The van der Waals surface area contributed by atoms with Gasteiger partial charge < -0.3 is 4.74 Å². The zero-order valence-electron chi connectivity index (χ0n) is 12.5. The van der Waals surface area contributed by atoms with Crippen LogP contribution in [0.2, 0.25) is 0 Å². The molecule has 0 fully saturated rings. The van der Waals surface area contributed by atoms with Gasteiger partial charge in [-0.1, -0.05) is 16.6 Å². The van der Waals surface area contributed by atoms with Gasteiger partial charge >= 0.3 is 0 Å². The Balaban J connectivity index is 1.57. The minimum Gasteiger partial charge on any atom is -0.493 e. The Morgan fingerprint density at radius 1 is 1.12 bits per heavy atom. The minimum absolute atomic E-state index is 0.236. The number of nitrogens with one attached hydrogen (secondary N) is 1. The molecule has 122 valence electrons. The number of anilines is 1. The maximum absolute atomic E-state index is 12.5. The van der Waals surface area contributed by atoms with Crippen LogP contribution in [-0.4, -0.2) is 24.6 Å². The molecule has 3 aromatic rings. The predicted molar refractivity (Wildman–Crippen MR) is 91.8 cm³/mol. The summed E-state index contributed by atoms with van der Waals surface area (Å²) in [7, 11) is -3.63. The van der Waals surface area contributed by atoms with Crippen LogP contribution >= 0.6 is 11.5 Å². The van der Waals surface area contributed by atoms with Crippen molar-refractivity contribution < 1.29 is 13.2 Å². The SMILES string of the molecule is O=S(=O)(Nc1ccc(-c2csnn2)cc1)c1ccc2c(c1)CCO2. The lowest BCUT2D eigenvalue weighted by Gasteiger charge is -2.09. The summed E-state index contributed by atoms with van der Waals surface area (Å²) in [5, 5.41) is 5.83. The molecule has 0 spiro atoms. The van der Waals surface area contributed by atoms with Crippen LogP contribution in [0.1, 0.15) is 5.56 Å². The van der Waals surface area contributed by atoms with E-state index in [1.54, 1.807) is 30.3 Å². The average Bonchev–Trinajstić information content (AvgIpc) is 3.26. The molecule has 2 heterocycles. The molecule has 0 bridgehead atoms. The summed E-state index contributed by atoms with van der Waals surface area (Å²) >= 11 is 1.27. The summed E-state index contributed by atoms with van der Waals surface area (Å²) in [6.07, 6.45) is 0.731. The molecule has 0 aliphatic carbocycles. The molecular weight excluding hydrogens is 346 g/mol. The van der Waals surface area contributed by atoms with Crippen LogP contribution < -0.4 is 9.46 Å². The van der Waals surface area contributed by atoms with Crippen molar-refractivity contribution in [2.45, 2.75) is 11.3 Å². The Labute approximate surface area is 143 Å². The minimum atomic E-state index is -3.63. The van der Waals surface area contributed by atoms with Crippen molar-refractivity contribution in [2.75, 3.05) is 11.3 Å². The lowest BCUT2D eigenvalue weighted by molar-refractivity contribution is 0.356. The van der Waals surface area contributed by atoms with Crippen LogP contribution in [0.25, 0.3) is 11.3 Å². The third kappa shape index (κ3) is 2.85. The first-order valence-electron chi connectivity index (χ1n) is 7.28. The van der Waals surface area contributed by atoms with Gasteiger partial charge in [0.2, 0.25) is 0 Å². The fourth-order valence-corrected chi connectivity index (χ4v) is 4.12. The third-order valence-electron chi connectivity index (χ3n) is 3.76. The fraction of sp³-hybridized carbons (Fsp3) is 0.125. The number of ether oxygens (including phenoxy) is 1. The second-order valence-electron chi connectivity index (χ2n) is 5.34. The fourth-order valence-electron chi connectivity index (χ4n) is 2.54. The molecule has 2 aromatic carbocycles. The quantitative estimate of drug-likeness (QED) is 0.774. The smallest absolute Gasteiger partial charge is 0.261 e. The van der Waals surface area contributed by atoms with E-state index in [9.17, 15) is 8.42 Å². The van der Waals surface area contributed by atoms with Crippen molar-refractivity contribution in [3.8, 4) is 17.0 Å². The topological polar surface area (TPSA) is 81.2 Å². The van der Waals surface area contributed by atoms with Gasteiger partial charge in [-0.25, -0.2) is 8.42 Å². The average molecular weight is 359 g/mol. The number of benzene rings is 2. The third-order valence-corrected chi connectivity index (χ3v) is 5.65. The van der Waals surface area contributed by atoms with E-state index >= 15 is 0 Å². The maximum Gasteiger partial charge on any atom is 0.261 e.